The SMILES string of the molecule is C=C(C#N)C(=O)N(c1ccc2nc(S)sc2c1)C(C)C. The Balaban J connectivity index is 2.49. The Hall–Kier alpha value is -1.84. The molecule has 1 amide bonds. The van der Waals surface area contributed by atoms with Crippen LogP contribution in [-0.4, -0.2) is 16.9 Å². The zero-order valence-corrected chi connectivity index (χ0v) is 12.8. The molecule has 2 rings (SSSR count). The summed E-state index contributed by atoms with van der Waals surface area (Å²) in [4.78, 5) is 18.1. The molecule has 0 unspecified atom stereocenters. The average Bonchev–Trinajstić information content (AvgIpc) is 2.76. The van der Waals surface area contributed by atoms with Crippen LogP contribution in [0.5, 0.6) is 0 Å². The Morgan fingerprint density at radius 2 is 2.25 bits per heavy atom. The van der Waals surface area contributed by atoms with Crippen LogP contribution in [0.4, 0.5) is 5.69 Å². The number of fused-ring (bicyclic) bond motifs is 1. The van der Waals surface area contributed by atoms with Crippen LogP contribution in [0.1, 0.15) is 13.8 Å². The zero-order chi connectivity index (χ0) is 14.9. The Morgan fingerprint density at radius 3 is 2.85 bits per heavy atom. The van der Waals surface area contributed by atoms with Crippen molar-refractivity contribution in [2.24, 2.45) is 0 Å². The number of anilines is 1. The molecule has 0 saturated heterocycles. The lowest BCUT2D eigenvalue weighted by molar-refractivity contribution is -0.115. The Labute approximate surface area is 126 Å². The molecular weight excluding hydrogens is 290 g/mol. The van der Waals surface area contributed by atoms with Crippen molar-refractivity contribution in [2.45, 2.75) is 24.2 Å². The van der Waals surface area contributed by atoms with Gasteiger partial charge in [0, 0.05) is 11.7 Å². The summed E-state index contributed by atoms with van der Waals surface area (Å²) in [5, 5.41) is 8.84. The van der Waals surface area contributed by atoms with Gasteiger partial charge in [0.2, 0.25) is 0 Å². The smallest absolute Gasteiger partial charge is 0.268 e. The van der Waals surface area contributed by atoms with Gasteiger partial charge in [-0.15, -0.1) is 24.0 Å². The van der Waals surface area contributed by atoms with E-state index < -0.39 is 0 Å². The third kappa shape index (κ3) is 2.69. The molecule has 0 aliphatic heterocycles. The van der Waals surface area contributed by atoms with Crippen molar-refractivity contribution in [3.05, 3.63) is 30.4 Å². The van der Waals surface area contributed by atoms with Crippen LogP contribution in [0.25, 0.3) is 10.2 Å². The van der Waals surface area contributed by atoms with Crippen LogP contribution in [0.15, 0.2) is 34.7 Å². The Kier molecular flexibility index (Phi) is 4.12. The van der Waals surface area contributed by atoms with E-state index in [1.54, 1.807) is 11.0 Å². The molecule has 1 heterocycles. The predicted octanol–water partition coefficient (Wildman–Crippen LogP) is 3.41. The summed E-state index contributed by atoms with van der Waals surface area (Å²) in [5.74, 6) is -0.377. The van der Waals surface area contributed by atoms with Gasteiger partial charge in [-0.05, 0) is 32.0 Å². The van der Waals surface area contributed by atoms with Crippen LogP contribution < -0.4 is 4.90 Å². The predicted molar refractivity (Wildman–Crippen MR) is 84.2 cm³/mol. The van der Waals surface area contributed by atoms with Crippen LogP contribution in [0.2, 0.25) is 0 Å². The van der Waals surface area contributed by atoms with Crippen LogP contribution in [0, 0.1) is 11.3 Å². The largest absolute Gasteiger partial charge is 0.305 e. The fourth-order valence-electron chi connectivity index (χ4n) is 1.89. The van der Waals surface area contributed by atoms with E-state index in [1.807, 2.05) is 32.0 Å². The summed E-state index contributed by atoms with van der Waals surface area (Å²) in [6.45, 7) is 7.28. The molecule has 1 aromatic carbocycles. The Bertz CT molecular complexity index is 728. The van der Waals surface area contributed by atoms with E-state index in [0.717, 1.165) is 15.9 Å². The molecule has 0 N–H and O–H groups in total. The minimum atomic E-state index is -0.377. The minimum Gasteiger partial charge on any atom is -0.305 e. The molecule has 0 fully saturated rings. The van der Waals surface area contributed by atoms with Gasteiger partial charge in [-0.25, -0.2) is 4.98 Å². The van der Waals surface area contributed by atoms with Crippen LogP contribution in [0.3, 0.4) is 0 Å². The number of benzene rings is 1. The summed E-state index contributed by atoms with van der Waals surface area (Å²) in [6.07, 6.45) is 0. The number of thiol groups is 1. The molecule has 0 aliphatic rings. The maximum atomic E-state index is 12.2. The van der Waals surface area contributed by atoms with Crippen molar-refractivity contribution >= 4 is 45.8 Å². The molecule has 2 aromatic rings. The van der Waals surface area contributed by atoms with Crippen LogP contribution in [-0.2, 0) is 4.79 Å². The van der Waals surface area contributed by atoms with Gasteiger partial charge < -0.3 is 4.90 Å². The molecule has 0 aliphatic carbocycles. The normalized spacial score (nSPS) is 10.6. The standard InChI is InChI=1S/C14H13N3OS2/c1-8(2)17(13(18)9(3)7-15)10-4-5-11-12(6-10)20-14(19)16-11/h4-6,8H,3H2,1-2H3,(H,16,19). The maximum absolute atomic E-state index is 12.2. The summed E-state index contributed by atoms with van der Waals surface area (Å²) < 4.78 is 1.63. The van der Waals surface area contributed by atoms with E-state index in [-0.39, 0.29) is 17.5 Å². The molecule has 102 valence electrons. The van der Waals surface area contributed by atoms with Gasteiger partial charge in [0.25, 0.3) is 5.91 Å². The van der Waals surface area contributed by atoms with Crippen molar-refractivity contribution in [2.75, 3.05) is 4.90 Å². The molecule has 0 saturated carbocycles. The summed E-state index contributed by atoms with van der Waals surface area (Å²) in [5.41, 5.74) is 1.50. The first-order valence-electron chi connectivity index (χ1n) is 5.96. The zero-order valence-electron chi connectivity index (χ0n) is 11.1. The van der Waals surface area contributed by atoms with E-state index >= 15 is 0 Å². The fourth-order valence-corrected chi connectivity index (χ4v) is 3.04. The highest BCUT2D eigenvalue weighted by Gasteiger charge is 2.22. The van der Waals surface area contributed by atoms with Gasteiger partial charge in [-0.2, -0.15) is 5.26 Å². The first-order chi connectivity index (χ1) is 9.43. The second-order valence-electron chi connectivity index (χ2n) is 4.51. The van der Waals surface area contributed by atoms with Gasteiger partial charge in [-0.1, -0.05) is 6.58 Å². The number of hydrogen-bond acceptors (Lipinski definition) is 5. The summed E-state index contributed by atoms with van der Waals surface area (Å²) in [6, 6.07) is 7.28. The number of aromatic nitrogens is 1. The number of thiazole rings is 1. The second kappa shape index (κ2) is 5.65. The quantitative estimate of drug-likeness (QED) is 0.537. The lowest BCUT2D eigenvalue weighted by Crippen LogP contribution is -2.37. The number of carbonyl (C=O) groups is 1. The molecule has 0 spiro atoms. The Morgan fingerprint density at radius 1 is 1.55 bits per heavy atom. The van der Waals surface area contributed by atoms with Gasteiger partial charge in [0.1, 0.15) is 16.0 Å². The first-order valence-corrected chi connectivity index (χ1v) is 7.22. The first kappa shape index (κ1) is 14.6. The van der Waals surface area contributed by atoms with Gasteiger partial charge in [0.05, 0.1) is 10.2 Å². The molecule has 0 bridgehead atoms. The molecule has 20 heavy (non-hydrogen) atoms. The molecule has 4 nitrogen and oxygen atoms in total. The van der Waals surface area contributed by atoms with E-state index in [9.17, 15) is 4.79 Å². The molecule has 0 atom stereocenters. The number of nitrogens with zero attached hydrogens (tertiary/aromatic N) is 3. The highest BCUT2D eigenvalue weighted by atomic mass is 32.2. The van der Waals surface area contributed by atoms with E-state index in [4.69, 9.17) is 5.26 Å². The van der Waals surface area contributed by atoms with Crippen molar-refractivity contribution in [1.29, 1.82) is 5.26 Å². The third-order valence-electron chi connectivity index (χ3n) is 2.77. The van der Waals surface area contributed by atoms with Crippen molar-refractivity contribution in [3.8, 4) is 6.07 Å². The van der Waals surface area contributed by atoms with E-state index in [1.165, 1.54) is 11.3 Å². The third-order valence-corrected chi connectivity index (χ3v) is 3.96. The molecule has 0 radical (unpaired) electrons. The molecule has 6 heteroatoms. The molecular formula is C14H13N3OS2. The van der Waals surface area contributed by atoms with Crippen molar-refractivity contribution in [1.82, 2.24) is 4.98 Å². The monoisotopic (exact) mass is 303 g/mol. The van der Waals surface area contributed by atoms with Crippen molar-refractivity contribution < 1.29 is 4.79 Å². The lowest BCUT2D eigenvalue weighted by atomic mass is 10.2. The number of rotatable bonds is 3. The van der Waals surface area contributed by atoms with E-state index in [0.29, 0.717) is 4.34 Å². The molecule has 1 aromatic heterocycles. The van der Waals surface area contributed by atoms with Gasteiger partial charge in [-0.3, -0.25) is 4.79 Å². The topological polar surface area (TPSA) is 57.0 Å². The summed E-state index contributed by atoms with van der Waals surface area (Å²) in [7, 11) is 0. The fraction of sp³-hybridized carbons (Fsp3) is 0.214. The van der Waals surface area contributed by atoms with Crippen molar-refractivity contribution in [3.63, 3.8) is 0 Å². The average molecular weight is 303 g/mol. The number of carbonyl (C=O) groups excluding carboxylic acids is 1. The van der Waals surface area contributed by atoms with Gasteiger partial charge in [0.15, 0.2) is 0 Å². The second-order valence-corrected chi connectivity index (χ2v) is 6.26. The minimum absolute atomic E-state index is 0.0713. The lowest BCUT2D eigenvalue weighted by Gasteiger charge is -2.26. The maximum Gasteiger partial charge on any atom is 0.268 e. The summed E-state index contributed by atoms with van der Waals surface area (Å²) >= 11 is 5.68. The van der Waals surface area contributed by atoms with Gasteiger partial charge >= 0.3 is 0 Å². The van der Waals surface area contributed by atoms with Crippen LogP contribution >= 0.6 is 24.0 Å². The highest BCUT2D eigenvalue weighted by Crippen LogP contribution is 2.29. The number of amides is 1. The number of hydrogen-bond donors (Lipinski definition) is 1. The number of nitriles is 1. The highest BCUT2D eigenvalue weighted by molar-refractivity contribution is 7.82. The van der Waals surface area contributed by atoms with E-state index in [2.05, 4.69) is 24.2 Å².